The zero-order valence-corrected chi connectivity index (χ0v) is 19.4. The van der Waals surface area contributed by atoms with Gasteiger partial charge in [-0.1, -0.05) is 23.7 Å². The standard InChI is InChI=1S/C23H21ClN6O2S/c1-32-16-8-6-15(7-9-16)19-20-21(33-28-19)22(26-14-25-20)29-10-12-30(13-11-29)23(31)27-18-5-3-2-4-17(18)24/h2-9,14H,10-13H2,1H3,(H,27,31). The van der Waals surface area contributed by atoms with Crippen molar-refractivity contribution in [1.29, 1.82) is 0 Å². The number of carbonyl (C=O) groups excluding carboxylic acids is 1. The topological polar surface area (TPSA) is 83.5 Å². The fraction of sp³-hybridized carbons (Fsp3) is 0.217. The number of fused-ring (bicyclic) bond motifs is 1. The number of anilines is 2. The van der Waals surface area contributed by atoms with Gasteiger partial charge in [0, 0.05) is 31.7 Å². The number of halogens is 1. The highest BCUT2D eigenvalue weighted by molar-refractivity contribution is 7.14. The number of nitrogens with one attached hydrogen (secondary N) is 1. The Kier molecular flexibility index (Phi) is 5.97. The Labute approximate surface area is 199 Å². The van der Waals surface area contributed by atoms with Gasteiger partial charge in [-0.15, -0.1) is 0 Å². The van der Waals surface area contributed by atoms with E-state index in [9.17, 15) is 4.79 Å². The Morgan fingerprint density at radius 3 is 2.55 bits per heavy atom. The number of piperazine rings is 1. The first-order chi connectivity index (χ1) is 16.1. The van der Waals surface area contributed by atoms with Crippen molar-refractivity contribution in [2.45, 2.75) is 0 Å². The summed E-state index contributed by atoms with van der Waals surface area (Å²) < 4.78 is 10.8. The molecule has 4 aromatic rings. The minimum atomic E-state index is -0.157. The van der Waals surface area contributed by atoms with Gasteiger partial charge in [0.1, 0.15) is 28.0 Å². The van der Waals surface area contributed by atoms with Crippen molar-refractivity contribution in [3.8, 4) is 17.0 Å². The number of urea groups is 1. The van der Waals surface area contributed by atoms with Crippen LogP contribution in [0.25, 0.3) is 21.5 Å². The first kappa shape index (κ1) is 21.4. The molecule has 0 radical (unpaired) electrons. The van der Waals surface area contributed by atoms with E-state index < -0.39 is 0 Å². The lowest BCUT2D eigenvalue weighted by atomic mass is 10.1. The summed E-state index contributed by atoms with van der Waals surface area (Å²) in [5, 5.41) is 3.41. The second kappa shape index (κ2) is 9.21. The largest absolute Gasteiger partial charge is 0.497 e. The number of hydrogen-bond acceptors (Lipinski definition) is 7. The van der Waals surface area contributed by atoms with Gasteiger partial charge in [0.2, 0.25) is 0 Å². The van der Waals surface area contributed by atoms with Gasteiger partial charge < -0.3 is 19.9 Å². The summed E-state index contributed by atoms with van der Waals surface area (Å²) in [7, 11) is 1.65. The third-order valence-corrected chi connectivity index (χ3v) is 6.74. The summed E-state index contributed by atoms with van der Waals surface area (Å²) >= 11 is 7.55. The van der Waals surface area contributed by atoms with Gasteiger partial charge in [-0.05, 0) is 47.9 Å². The van der Waals surface area contributed by atoms with Crippen LogP contribution >= 0.6 is 23.1 Å². The molecule has 1 saturated heterocycles. The number of amides is 2. The van der Waals surface area contributed by atoms with Gasteiger partial charge >= 0.3 is 6.03 Å². The molecule has 2 aromatic heterocycles. The third-order valence-electron chi connectivity index (χ3n) is 5.58. The lowest BCUT2D eigenvalue weighted by molar-refractivity contribution is 0.208. The molecule has 0 bridgehead atoms. The van der Waals surface area contributed by atoms with E-state index in [1.807, 2.05) is 36.4 Å². The molecule has 1 aliphatic rings. The van der Waals surface area contributed by atoms with Crippen molar-refractivity contribution in [3.63, 3.8) is 0 Å². The Morgan fingerprint density at radius 2 is 1.82 bits per heavy atom. The van der Waals surface area contributed by atoms with Gasteiger partial charge in [0.25, 0.3) is 0 Å². The van der Waals surface area contributed by atoms with E-state index in [0.29, 0.717) is 36.9 Å². The monoisotopic (exact) mass is 480 g/mol. The fourth-order valence-corrected chi connectivity index (χ4v) is 4.85. The van der Waals surface area contributed by atoms with Crippen LogP contribution in [0.5, 0.6) is 5.75 Å². The molecule has 8 nitrogen and oxygen atoms in total. The SMILES string of the molecule is COc1ccc(-c2nsc3c(N4CCN(C(=O)Nc5ccccc5Cl)CC4)ncnc23)cc1. The maximum atomic E-state index is 12.7. The van der Waals surface area contributed by atoms with E-state index in [1.165, 1.54) is 11.5 Å². The number of aromatic nitrogens is 3. The maximum Gasteiger partial charge on any atom is 0.322 e. The fourth-order valence-electron chi connectivity index (χ4n) is 3.79. The molecule has 1 N–H and O–H groups in total. The van der Waals surface area contributed by atoms with Crippen LogP contribution in [0.15, 0.2) is 54.9 Å². The Balaban J connectivity index is 1.31. The van der Waals surface area contributed by atoms with Gasteiger partial charge in [0.15, 0.2) is 5.82 Å². The third kappa shape index (κ3) is 4.29. The van der Waals surface area contributed by atoms with E-state index in [-0.39, 0.29) is 6.03 Å². The average molecular weight is 481 g/mol. The molecule has 5 rings (SSSR count). The molecule has 1 aliphatic heterocycles. The minimum absolute atomic E-state index is 0.157. The zero-order chi connectivity index (χ0) is 22.8. The average Bonchev–Trinajstić information content (AvgIpc) is 3.30. The van der Waals surface area contributed by atoms with Crippen molar-refractivity contribution < 1.29 is 9.53 Å². The van der Waals surface area contributed by atoms with Gasteiger partial charge in [-0.2, -0.15) is 4.37 Å². The molecule has 168 valence electrons. The first-order valence-corrected chi connectivity index (χ1v) is 11.6. The van der Waals surface area contributed by atoms with Gasteiger partial charge in [-0.3, -0.25) is 0 Å². The molecule has 10 heteroatoms. The van der Waals surface area contributed by atoms with E-state index >= 15 is 0 Å². The lowest BCUT2D eigenvalue weighted by Crippen LogP contribution is -2.50. The number of para-hydroxylation sites is 1. The van der Waals surface area contributed by atoms with Crippen LogP contribution in [0.3, 0.4) is 0 Å². The van der Waals surface area contributed by atoms with Crippen molar-refractivity contribution in [1.82, 2.24) is 19.2 Å². The van der Waals surface area contributed by atoms with E-state index in [2.05, 4.69) is 24.6 Å². The highest BCUT2D eigenvalue weighted by Crippen LogP contribution is 2.35. The number of benzene rings is 2. The van der Waals surface area contributed by atoms with Crippen molar-refractivity contribution in [2.75, 3.05) is 43.5 Å². The highest BCUT2D eigenvalue weighted by Gasteiger charge is 2.25. The van der Waals surface area contributed by atoms with Crippen LogP contribution in [-0.4, -0.2) is 58.6 Å². The number of carbonyl (C=O) groups is 1. The Morgan fingerprint density at radius 1 is 1.06 bits per heavy atom. The molecular weight excluding hydrogens is 460 g/mol. The number of hydrogen-bond donors (Lipinski definition) is 1. The first-order valence-electron chi connectivity index (χ1n) is 10.4. The molecule has 0 atom stereocenters. The second-order valence-corrected chi connectivity index (χ2v) is 8.70. The summed E-state index contributed by atoms with van der Waals surface area (Å²) in [5.74, 6) is 1.65. The summed E-state index contributed by atoms with van der Waals surface area (Å²) in [4.78, 5) is 25.7. The molecule has 1 fully saturated rings. The van der Waals surface area contributed by atoms with E-state index in [4.69, 9.17) is 16.3 Å². The van der Waals surface area contributed by atoms with Crippen LogP contribution in [-0.2, 0) is 0 Å². The van der Waals surface area contributed by atoms with Crippen molar-refractivity contribution >= 4 is 50.9 Å². The predicted molar refractivity (Wildman–Crippen MR) is 131 cm³/mol. The highest BCUT2D eigenvalue weighted by atomic mass is 35.5. The molecule has 3 heterocycles. The molecule has 2 amide bonds. The van der Waals surface area contributed by atoms with E-state index in [1.54, 1.807) is 30.5 Å². The molecule has 0 spiro atoms. The Bertz CT molecular complexity index is 1290. The number of ether oxygens (including phenoxy) is 1. The molecule has 0 saturated carbocycles. The van der Waals surface area contributed by atoms with Crippen LogP contribution in [0.1, 0.15) is 0 Å². The molecule has 33 heavy (non-hydrogen) atoms. The molecule has 0 aliphatic carbocycles. The lowest BCUT2D eigenvalue weighted by Gasteiger charge is -2.35. The molecule has 0 unspecified atom stereocenters. The van der Waals surface area contributed by atoms with Crippen LogP contribution in [0.4, 0.5) is 16.3 Å². The summed E-state index contributed by atoms with van der Waals surface area (Å²) in [5.41, 5.74) is 3.25. The van der Waals surface area contributed by atoms with Crippen molar-refractivity contribution in [2.24, 2.45) is 0 Å². The number of rotatable bonds is 4. The summed E-state index contributed by atoms with van der Waals surface area (Å²) in [6.07, 6.45) is 1.58. The van der Waals surface area contributed by atoms with E-state index in [0.717, 1.165) is 33.0 Å². The zero-order valence-electron chi connectivity index (χ0n) is 17.9. The molecular formula is C23H21ClN6O2S. The quantitative estimate of drug-likeness (QED) is 0.453. The van der Waals surface area contributed by atoms with Gasteiger partial charge in [0.05, 0.1) is 17.8 Å². The summed E-state index contributed by atoms with van der Waals surface area (Å²) in [6, 6.07) is 14.8. The molecule has 2 aromatic carbocycles. The smallest absolute Gasteiger partial charge is 0.322 e. The minimum Gasteiger partial charge on any atom is -0.497 e. The normalized spacial score (nSPS) is 13.9. The summed E-state index contributed by atoms with van der Waals surface area (Å²) in [6.45, 7) is 2.48. The van der Waals surface area contributed by atoms with Crippen LogP contribution < -0.4 is 15.0 Å². The number of methoxy groups -OCH3 is 1. The second-order valence-electron chi connectivity index (χ2n) is 7.52. The van der Waals surface area contributed by atoms with Crippen LogP contribution in [0, 0.1) is 0 Å². The van der Waals surface area contributed by atoms with Gasteiger partial charge in [-0.25, -0.2) is 14.8 Å². The predicted octanol–water partition coefficient (Wildman–Crippen LogP) is 4.77. The Hall–Kier alpha value is -3.43. The maximum absolute atomic E-state index is 12.7. The number of nitrogens with zero attached hydrogens (tertiary/aromatic N) is 5. The van der Waals surface area contributed by atoms with Crippen LogP contribution in [0.2, 0.25) is 5.02 Å². The van der Waals surface area contributed by atoms with Crippen molar-refractivity contribution in [3.05, 3.63) is 59.9 Å².